The first-order valence-electron chi connectivity index (χ1n) is 5.97. The van der Waals surface area contributed by atoms with Crippen molar-refractivity contribution in [2.24, 2.45) is 5.41 Å². The first kappa shape index (κ1) is 13.7. The van der Waals surface area contributed by atoms with Gasteiger partial charge in [0.25, 0.3) is 0 Å². The van der Waals surface area contributed by atoms with Crippen LogP contribution in [0.25, 0.3) is 0 Å². The predicted octanol–water partition coefficient (Wildman–Crippen LogP) is 1.51. The summed E-state index contributed by atoms with van der Waals surface area (Å²) < 4.78 is 0. The van der Waals surface area contributed by atoms with E-state index < -0.39 is 0 Å². The van der Waals surface area contributed by atoms with Crippen molar-refractivity contribution in [1.82, 2.24) is 5.32 Å². The highest BCUT2D eigenvalue weighted by Gasteiger charge is 2.33. The summed E-state index contributed by atoms with van der Waals surface area (Å²) in [6, 6.07) is 1.89. The largest absolute Gasteiger partial charge is 0.394 e. The third kappa shape index (κ3) is 3.31. The van der Waals surface area contributed by atoms with E-state index in [0.717, 1.165) is 6.42 Å². The fourth-order valence-corrected chi connectivity index (χ4v) is 2.10. The zero-order chi connectivity index (χ0) is 13.1. The zero-order valence-corrected chi connectivity index (χ0v) is 10.7. The number of allylic oxidation sites excluding steroid dienone is 2. The van der Waals surface area contributed by atoms with Crippen LogP contribution in [0.2, 0.25) is 0 Å². The molecule has 0 aromatic carbocycles. The van der Waals surface area contributed by atoms with Crippen LogP contribution >= 0.6 is 0 Å². The van der Waals surface area contributed by atoms with Crippen LogP contribution in [0.3, 0.4) is 0 Å². The number of nitrogens with one attached hydrogen (secondary N) is 1. The smallest absolute Gasteiger partial charge is 0.175 e. The topological polar surface area (TPSA) is 73.1 Å². The summed E-state index contributed by atoms with van der Waals surface area (Å²) in [6.45, 7) is 5.99. The SMILES string of the molecule is CC[C@@H](CO)NC1=C(C#N)C(=O)CC(C)(C)C1. The number of ketones is 1. The van der Waals surface area contributed by atoms with Gasteiger partial charge in [0.05, 0.1) is 6.61 Å². The third-order valence-corrected chi connectivity index (χ3v) is 3.08. The molecule has 0 heterocycles. The van der Waals surface area contributed by atoms with E-state index in [1.165, 1.54) is 0 Å². The Balaban J connectivity index is 2.98. The average molecular weight is 236 g/mol. The van der Waals surface area contributed by atoms with E-state index in [9.17, 15) is 4.79 Å². The first-order valence-corrected chi connectivity index (χ1v) is 5.97. The molecule has 0 aromatic heterocycles. The number of nitrogens with zero attached hydrogens (tertiary/aromatic N) is 1. The predicted molar refractivity (Wildman–Crippen MR) is 65.0 cm³/mol. The second kappa shape index (κ2) is 5.33. The highest BCUT2D eigenvalue weighted by molar-refractivity contribution is 6.01. The molecule has 1 atom stereocenters. The molecule has 0 unspecified atom stereocenters. The van der Waals surface area contributed by atoms with Crippen molar-refractivity contribution in [2.75, 3.05) is 6.61 Å². The highest BCUT2D eigenvalue weighted by atomic mass is 16.3. The summed E-state index contributed by atoms with van der Waals surface area (Å²) in [5.41, 5.74) is 0.805. The van der Waals surface area contributed by atoms with Crippen LogP contribution in [0.15, 0.2) is 11.3 Å². The molecule has 0 aromatic rings. The molecule has 1 aliphatic carbocycles. The minimum atomic E-state index is -0.118. The summed E-state index contributed by atoms with van der Waals surface area (Å²) in [7, 11) is 0. The Bertz CT molecular complexity index is 373. The van der Waals surface area contributed by atoms with Crippen molar-refractivity contribution in [3.63, 3.8) is 0 Å². The van der Waals surface area contributed by atoms with E-state index in [1.54, 1.807) is 0 Å². The van der Waals surface area contributed by atoms with Crippen molar-refractivity contribution < 1.29 is 9.90 Å². The van der Waals surface area contributed by atoms with Crippen molar-refractivity contribution in [3.8, 4) is 6.07 Å². The highest BCUT2D eigenvalue weighted by Crippen LogP contribution is 2.35. The second-order valence-electron chi connectivity index (χ2n) is 5.34. The van der Waals surface area contributed by atoms with E-state index >= 15 is 0 Å². The Morgan fingerprint density at radius 3 is 2.65 bits per heavy atom. The molecule has 0 bridgehead atoms. The van der Waals surface area contributed by atoms with Gasteiger partial charge in [-0.1, -0.05) is 20.8 Å². The average Bonchev–Trinajstić information content (AvgIpc) is 2.24. The fraction of sp³-hybridized carbons (Fsp3) is 0.692. The number of carbonyl (C=O) groups excluding carboxylic acids is 1. The zero-order valence-electron chi connectivity index (χ0n) is 10.7. The number of rotatable bonds is 4. The quantitative estimate of drug-likeness (QED) is 0.776. The number of hydrogen-bond acceptors (Lipinski definition) is 4. The van der Waals surface area contributed by atoms with Crippen LogP contribution in [0.1, 0.15) is 40.0 Å². The summed E-state index contributed by atoms with van der Waals surface area (Å²) in [5.74, 6) is -0.0981. The Hall–Kier alpha value is -1.34. The van der Waals surface area contributed by atoms with E-state index in [4.69, 9.17) is 10.4 Å². The van der Waals surface area contributed by atoms with Gasteiger partial charge in [-0.3, -0.25) is 4.79 Å². The van der Waals surface area contributed by atoms with Gasteiger partial charge in [0, 0.05) is 18.2 Å². The van der Waals surface area contributed by atoms with Crippen LogP contribution in [-0.2, 0) is 4.79 Å². The van der Waals surface area contributed by atoms with Gasteiger partial charge in [0.2, 0.25) is 0 Å². The molecule has 0 amide bonds. The molecule has 4 heteroatoms. The number of aliphatic hydroxyl groups excluding tert-OH is 1. The monoisotopic (exact) mass is 236 g/mol. The van der Waals surface area contributed by atoms with E-state index in [-0.39, 0.29) is 29.4 Å². The number of Topliss-reactive ketones (excluding diaryl/α,β-unsaturated/α-hetero) is 1. The lowest BCUT2D eigenvalue weighted by atomic mass is 9.76. The molecule has 4 nitrogen and oxygen atoms in total. The Labute approximate surface area is 102 Å². The molecule has 0 spiro atoms. The van der Waals surface area contributed by atoms with Crippen LogP contribution in [0.4, 0.5) is 0 Å². The van der Waals surface area contributed by atoms with Crippen molar-refractivity contribution in [2.45, 2.75) is 46.1 Å². The number of aliphatic hydroxyl groups is 1. The maximum atomic E-state index is 11.8. The standard InChI is InChI=1S/C13H20N2O2/c1-4-9(8-16)15-11-5-13(2,3)6-12(17)10(11)7-14/h9,15-16H,4-6,8H2,1-3H3/t9-/m0/s1. The fourth-order valence-electron chi connectivity index (χ4n) is 2.10. The Morgan fingerprint density at radius 1 is 1.53 bits per heavy atom. The number of hydrogen-bond donors (Lipinski definition) is 2. The van der Waals surface area contributed by atoms with Gasteiger partial charge in [-0.05, 0) is 18.3 Å². The summed E-state index contributed by atoms with van der Waals surface area (Å²) in [5, 5.41) is 21.3. The maximum absolute atomic E-state index is 11.8. The van der Waals surface area contributed by atoms with Gasteiger partial charge in [0.15, 0.2) is 5.78 Å². The minimum absolute atomic E-state index is 0.00727. The number of nitriles is 1. The van der Waals surface area contributed by atoms with Gasteiger partial charge in [0.1, 0.15) is 11.6 Å². The van der Waals surface area contributed by atoms with Crippen LogP contribution in [-0.4, -0.2) is 23.5 Å². The summed E-state index contributed by atoms with van der Waals surface area (Å²) >= 11 is 0. The summed E-state index contributed by atoms with van der Waals surface area (Å²) in [6.07, 6.45) is 1.85. The van der Waals surface area contributed by atoms with Gasteiger partial charge in [-0.25, -0.2) is 0 Å². The molecular weight excluding hydrogens is 216 g/mol. The van der Waals surface area contributed by atoms with Gasteiger partial charge in [-0.15, -0.1) is 0 Å². The first-order chi connectivity index (χ1) is 7.93. The van der Waals surface area contributed by atoms with E-state index in [1.807, 2.05) is 26.8 Å². The Kier molecular flexibility index (Phi) is 4.30. The molecule has 0 saturated carbocycles. The lowest BCUT2D eigenvalue weighted by Crippen LogP contribution is -2.37. The molecule has 2 N–H and O–H groups in total. The molecular formula is C13H20N2O2. The second-order valence-corrected chi connectivity index (χ2v) is 5.34. The third-order valence-electron chi connectivity index (χ3n) is 3.08. The molecule has 0 radical (unpaired) electrons. The van der Waals surface area contributed by atoms with Crippen LogP contribution in [0, 0.1) is 16.7 Å². The normalized spacial score (nSPS) is 21.0. The van der Waals surface area contributed by atoms with Crippen LogP contribution in [0.5, 0.6) is 0 Å². The molecule has 94 valence electrons. The molecule has 0 saturated heterocycles. The number of carbonyl (C=O) groups is 1. The molecule has 0 aliphatic heterocycles. The van der Waals surface area contributed by atoms with E-state index in [0.29, 0.717) is 18.5 Å². The van der Waals surface area contributed by atoms with Crippen molar-refractivity contribution in [1.29, 1.82) is 5.26 Å². The lowest BCUT2D eigenvalue weighted by Gasteiger charge is -2.32. The molecule has 1 rings (SSSR count). The lowest BCUT2D eigenvalue weighted by molar-refractivity contribution is -0.117. The van der Waals surface area contributed by atoms with Crippen LogP contribution < -0.4 is 5.32 Å². The Morgan fingerprint density at radius 2 is 2.18 bits per heavy atom. The van der Waals surface area contributed by atoms with Gasteiger partial charge >= 0.3 is 0 Å². The van der Waals surface area contributed by atoms with Crippen molar-refractivity contribution in [3.05, 3.63) is 11.3 Å². The maximum Gasteiger partial charge on any atom is 0.175 e. The molecule has 17 heavy (non-hydrogen) atoms. The molecule has 1 aliphatic rings. The minimum Gasteiger partial charge on any atom is -0.394 e. The van der Waals surface area contributed by atoms with Gasteiger partial charge < -0.3 is 10.4 Å². The van der Waals surface area contributed by atoms with E-state index in [2.05, 4.69) is 5.32 Å². The summed E-state index contributed by atoms with van der Waals surface area (Å²) in [4.78, 5) is 11.8. The molecule has 0 fully saturated rings. The van der Waals surface area contributed by atoms with Crippen molar-refractivity contribution >= 4 is 5.78 Å². The van der Waals surface area contributed by atoms with Gasteiger partial charge in [-0.2, -0.15) is 5.26 Å².